The van der Waals surface area contributed by atoms with Crippen LogP contribution in [-0.4, -0.2) is 33.4 Å². The van der Waals surface area contributed by atoms with Crippen molar-refractivity contribution in [2.24, 2.45) is 0 Å². The van der Waals surface area contributed by atoms with Crippen LogP contribution in [0.25, 0.3) is 11.3 Å². The van der Waals surface area contributed by atoms with E-state index >= 15 is 0 Å². The molecule has 1 amide bonds. The van der Waals surface area contributed by atoms with Crippen molar-refractivity contribution in [2.75, 3.05) is 17.3 Å². The summed E-state index contributed by atoms with van der Waals surface area (Å²) in [5.74, 6) is 1.76. The van der Waals surface area contributed by atoms with Crippen molar-refractivity contribution in [3.63, 3.8) is 0 Å². The number of fused-ring (bicyclic) bond motifs is 3. The van der Waals surface area contributed by atoms with Gasteiger partial charge in [-0.2, -0.15) is 4.98 Å². The highest BCUT2D eigenvalue weighted by molar-refractivity contribution is 7.99. The van der Waals surface area contributed by atoms with Crippen LogP contribution < -0.4 is 14.4 Å². The van der Waals surface area contributed by atoms with Crippen molar-refractivity contribution in [3.8, 4) is 22.9 Å². The first-order valence-electron chi connectivity index (χ1n) is 10.8. The molecule has 0 spiro atoms. The van der Waals surface area contributed by atoms with Gasteiger partial charge in [-0.3, -0.25) is 9.69 Å². The molecule has 1 atom stereocenters. The Labute approximate surface area is 192 Å². The third-order valence-electron chi connectivity index (χ3n) is 5.06. The van der Waals surface area contributed by atoms with Gasteiger partial charge >= 0.3 is 0 Å². The third kappa shape index (κ3) is 4.41. The fourth-order valence-corrected chi connectivity index (χ4v) is 4.46. The second kappa shape index (κ2) is 9.99. The van der Waals surface area contributed by atoms with E-state index in [1.54, 1.807) is 16.7 Å². The lowest BCUT2D eigenvalue weighted by atomic mass is 10.1. The number of carbonyl (C=O) groups excluding carboxylic acids is 1. The first-order chi connectivity index (χ1) is 15.6. The minimum atomic E-state index is -0.761. The Balaban J connectivity index is 1.87. The molecule has 166 valence electrons. The lowest BCUT2D eigenvalue weighted by Crippen LogP contribution is -2.36. The standard InChI is InChI=1S/C24H26N4O3S/c1-4-6-15-32-24-25-22-21(26-27-24)17-11-7-9-13-19(17)28(16(3)29)23(31-22)18-12-8-10-14-20(18)30-5-2/h7-14,23H,4-6,15H2,1-3H3/t23-/m0/s1. The van der Waals surface area contributed by atoms with Gasteiger partial charge in [-0.25, -0.2) is 0 Å². The second-order valence-corrected chi connectivity index (χ2v) is 8.36. The molecule has 0 bridgehead atoms. The Morgan fingerprint density at radius 1 is 1.12 bits per heavy atom. The number of thioether (sulfide) groups is 1. The molecule has 1 aromatic heterocycles. The fraction of sp³-hybridized carbons (Fsp3) is 0.333. The molecule has 2 aromatic carbocycles. The first kappa shape index (κ1) is 22.1. The van der Waals surface area contributed by atoms with Crippen molar-refractivity contribution in [1.82, 2.24) is 15.2 Å². The summed E-state index contributed by atoms with van der Waals surface area (Å²) in [5, 5.41) is 9.32. The Morgan fingerprint density at radius 2 is 1.91 bits per heavy atom. The van der Waals surface area contributed by atoms with Crippen LogP contribution >= 0.6 is 11.8 Å². The van der Waals surface area contributed by atoms with Crippen molar-refractivity contribution in [3.05, 3.63) is 54.1 Å². The lowest BCUT2D eigenvalue weighted by Gasteiger charge is -2.30. The highest BCUT2D eigenvalue weighted by atomic mass is 32.2. The monoisotopic (exact) mass is 450 g/mol. The molecule has 32 heavy (non-hydrogen) atoms. The van der Waals surface area contributed by atoms with E-state index in [1.165, 1.54) is 6.92 Å². The van der Waals surface area contributed by atoms with Crippen LogP contribution in [0.5, 0.6) is 11.6 Å². The molecule has 0 saturated heterocycles. The topological polar surface area (TPSA) is 77.4 Å². The van der Waals surface area contributed by atoms with Gasteiger partial charge in [0.25, 0.3) is 0 Å². The van der Waals surface area contributed by atoms with Crippen LogP contribution in [-0.2, 0) is 4.79 Å². The molecule has 0 radical (unpaired) electrons. The SMILES string of the molecule is CCCCSc1nnc2c(n1)O[C@@H](c1ccccc1OCC)N(C(C)=O)c1ccccc1-2. The highest BCUT2D eigenvalue weighted by Gasteiger charge is 2.35. The molecule has 3 aromatic rings. The number of benzene rings is 2. The molecular formula is C24H26N4O3S. The van der Waals surface area contributed by atoms with Gasteiger partial charge in [-0.15, -0.1) is 10.2 Å². The van der Waals surface area contributed by atoms with Crippen molar-refractivity contribution >= 4 is 23.4 Å². The molecule has 0 fully saturated rings. The van der Waals surface area contributed by atoms with Gasteiger partial charge in [0.1, 0.15) is 5.75 Å². The number of hydrogen-bond acceptors (Lipinski definition) is 7. The number of para-hydroxylation sites is 2. The quantitative estimate of drug-likeness (QED) is 0.358. The van der Waals surface area contributed by atoms with Crippen LogP contribution in [0.3, 0.4) is 0 Å². The van der Waals surface area contributed by atoms with E-state index in [4.69, 9.17) is 9.47 Å². The number of anilines is 1. The molecule has 8 heteroatoms. The summed E-state index contributed by atoms with van der Waals surface area (Å²) in [7, 11) is 0. The maximum atomic E-state index is 12.9. The average molecular weight is 451 g/mol. The molecule has 0 unspecified atom stereocenters. The van der Waals surface area contributed by atoms with Crippen molar-refractivity contribution in [2.45, 2.75) is 45.0 Å². The fourth-order valence-electron chi connectivity index (χ4n) is 3.60. The maximum Gasteiger partial charge on any atom is 0.247 e. The van der Waals surface area contributed by atoms with E-state index in [9.17, 15) is 4.79 Å². The number of hydrogen-bond donors (Lipinski definition) is 0. The number of nitrogens with zero attached hydrogens (tertiary/aromatic N) is 4. The predicted molar refractivity (Wildman–Crippen MR) is 125 cm³/mol. The molecule has 4 rings (SSSR count). The van der Waals surface area contributed by atoms with Crippen LogP contribution in [0.15, 0.2) is 53.7 Å². The van der Waals surface area contributed by atoms with Crippen LogP contribution in [0.4, 0.5) is 5.69 Å². The lowest BCUT2D eigenvalue weighted by molar-refractivity contribution is -0.118. The number of aromatic nitrogens is 3. The zero-order valence-corrected chi connectivity index (χ0v) is 19.3. The van der Waals surface area contributed by atoms with E-state index in [0.29, 0.717) is 34.8 Å². The van der Waals surface area contributed by atoms with Crippen LogP contribution in [0.1, 0.15) is 45.4 Å². The highest BCUT2D eigenvalue weighted by Crippen LogP contribution is 2.44. The predicted octanol–water partition coefficient (Wildman–Crippen LogP) is 5.27. The molecule has 0 aliphatic carbocycles. The van der Waals surface area contributed by atoms with E-state index in [1.807, 2.05) is 55.5 Å². The molecule has 1 aliphatic heterocycles. The van der Waals surface area contributed by atoms with Crippen molar-refractivity contribution < 1.29 is 14.3 Å². The normalized spacial score (nSPS) is 14.7. The molecule has 0 N–H and O–H groups in total. The zero-order valence-electron chi connectivity index (χ0n) is 18.4. The number of rotatable bonds is 7. The summed E-state index contributed by atoms with van der Waals surface area (Å²) >= 11 is 1.55. The van der Waals surface area contributed by atoms with Crippen LogP contribution in [0, 0.1) is 0 Å². The van der Waals surface area contributed by atoms with Crippen molar-refractivity contribution in [1.29, 1.82) is 0 Å². The van der Waals surface area contributed by atoms with Gasteiger partial charge in [-0.1, -0.05) is 55.4 Å². The number of unbranched alkanes of at least 4 members (excludes halogenated alkanes) is 1. The zero-order chi connectivity index (χ0) is 22.5. The number of carbonyl (C=O) groups is 1. The molecular weight excluding hydrogens is 424 g/mol. The molecule has 0 saturated carbocycles. The largest absolute Gasteiger partial charge is 0.493 e. The van der Waals surface area contributed by atoms with Gasteiger partial charge in [0, 0.05) is 18.2 Å². The summed E-state index contributed by atoms with van der Waals surface area (Å²) in [4.78, 5) is 19.2. The maximum absolute atomic E-state index is 12.9. The van der Waals surface area contributed by atoms with E-state index in [0.717, 1.165) is 29.7 Å². The van der Waals surface area contributed by atoms with E-state index in [-0.39, 0.29) is 5.91 Å². The van der Waals surface area contributed by atoms with Crippen LogP contribution in [0.2, 0.25) is 0 Å². The van der Waals surface area contributed by atoms with Gasteiger partial charge in [0.2, 0.25) is 23.2 Å². The van der Waals surface area contributed by atoms with E-state index < -0.39 is 6.23 Å². The summed E-state index contributed by atoms with van der Waals surface area (Å²) in [6, 6.07) is 15.2. The summed E-state index contributed by atoms with van der Waals surface area (Å²) < 4.78 is 12.3. The average Bonchev–Trinajstić information content (AvgIpc) is 2.94. The summed E-state index contributed by atoms with van der Waals surface area (Å²) in [6.07, 6.45) is 1.40. The Morgan fingerprint density at radius 3 is 2.69 bits per heavy atom. The number of amides is 1. The molecule has 7 nitrogen and oxygen atoms in total. The smallest absolute Gasteiger partial charge is 0.247 e. The summed E-state index contributed by atoms with van der Waals surface area (Å²) in [6.45, 7) is 6.10. The Hall–Kier alpha value is -3.13. The number of ether oxygens (including phenoxy) is 2. The molecule has 1 aliphatic rings. The minimum Gasteiger partial charge on any atom is -0.493 e. The van der Waals surface area contributed by atoms with Gasteiger partial charge < -0.3 is 9.47 Å². The minimum absolute atomic E-state index is 0.160. The van der Waals surface area contributed by atoms with Gasteiger partial charge in [0.15, 0.2) is 5.69 Å². The van der Waals surface area contributed by atoms with Gasteiger partial charge in [0.05, 0.1) is 17.9 Å². The van der Waals surface area contributed by atoms with Gasteiger partial charge in [-0.05, 0) is 31.5 Å². The third-order valence-corrected chi connectivity index (χ3v) is 5.99. The second-order valence-electron chi connectivity index (χ2n) is 7.30. The molecule has 2 heterocycles. The van der Waals surface area contributed by atoms with E-state index in [2.05, 4.69) is 22.1 Å². The Kier molecular flexibility index (Phi) is 6.90. The first-order valence-corrected chi connectivity index (χ1v) is 11.8. The summed E-state index contributed by atoms with van der Waals surface area (Å²) in [5.41, 5.74) is 2.70. The Bertz CT molecular complexity index is 1110.